The van der Waals surface area contributed by atoms with E-state index in [-0.39, 0.29) is 0 Å². The monoisotopic (exact) mass is 643 g/mol. The number of pyridine rings is 1. The van der Waals surface area contributed by atoms with Gasteiger partial charge in [0.05, 0.1) is 31.5 Å². The van der Waals surface area contributed by atoms with Gasteiger partial charge in [-0.2, -0.15) is 4.73 Å². The lowest BCUT2D eigenvalue weighted by molar-refractivity contribution is -0.311. The van der Waals surface area contributed by atoms with Crippen molar-refractivity contribution in [3.63, 3.8) is 0 Å². The van der Waals surface area contributed by atoms with Crippen LogP contribution in [0.3, 0.4) is 0 Å². The number of carbonyl (C=O) groups excluding carboxylic acids is 1. The zero-order chi connectivity index (χ0) is 32.4. The summed E-state index contributed by atoms with van der Waals surface area (Å²) < 4.78 is 34.2. The molecule has 2 heterocycles. The molecule has 4 aromatic rings. The van der Waals surface area contributed by atoms with Gasteiger partial charge in [0.2, 0.25) is 0 Å². The van der Waals surface area contributed by atoms with E-state index < -0.39 is 42.3 Å². The zero-order valence-corrected chi connectivity index (χ0v) is 27.2. The van der Waals surface area contributed by atoms with Crippen molar-refractivity contribution in [2.75, 3.05) is 0 Å². The maximum atomic E-state index is 13.0. The van der Waals surface area contributed by atoms with E-state index in [1.54, 1.807) is 31.3 Å². The lowest BCUT2D eigenvalue weighted by Gasteiger charge is -2.47. The first-order chi connectivity index (χ1) is 22.3. The van der Waals surface area contributed by atoms with Crippen molar-refractivity contribution >= 4 is 18.2 Å². The molecule has 0 amide bonds. The Balaban J connectivity index is 1.38. The van der Waals surface area contributed by atoms with E-state index in [0.29, 0.717) is 30.9 Å². The SMILES string of the molecule is CC(O[C@@H]1C[C@@H](OCc2ccccc2)[C@H](OCc2ccccc2)[C@@H](C(C)(C)OCc2ccccc2)O1)C(=O)On1ccccc1=S. The molecular weight excluding hydrogens is 602 g/mol. The van der Waals surface area contributed by atoms with Crippen LogP contribution in [0.2, 0.25) is 0 Å². The quantitative estimate of drug-likeness (QED) is 0.138. The van der Waals surface area contributed by atoms with Gasteiger partial charge in [-0.05, 0) is 49.6 Å². The normalized spacial score (nSPS) is 20.6. The number of nitrogens with zero attached hydrogens (tertiary/aromatic N) is 1. The van der Waals surface area contributed by atoms with E-state index in [1.807, 2.05) is 105 Å². The molecule has 0 spiro atoms. The maximum Gasteiger partial charge on any atom is 0.361 e. The highest BCUT2D eigenvalue weighted by atomic mass is 32.1. The van der Waals surface area contributed by atoms with Crippen molar-refractivity contribution < 1.29 is 33.3 Å². The summed E-state index contributed by atoms with van der Waals surface area (Å²) in [4.78, 5) is 18.5. The summed E-state index contributed by atoms with van der Waals surface area (Å²) >= 11 is 5.27. The summed E-state index contributed by atoms with van der Waals surface area (Å²) in [6.45, 7) is 6.68. The molecule has 5 rings (SSSR count). The molecule has 8 nitrogen and oxygen atoms in total. The summed E-state index contributed by atoms with van der Waals surface area (Å²) in [5.41, 5.74) is 2.25. The summed E-state index contributed by atoms with van der Waals surface area (Å²) in [5.74, 6) is -0.605. The van der Waals surface area contributed by atoms with E-state index in [4.69, 9.17) is 40.7 Å². The molecule has 1 unspecified atom stereocenters. The molecule has 0 N–H and O–H groups in total. The molecule has 46 heavy (non-hydrogen) atoms. The van der Waals surface area contributed by atoms with Crippen molar-refractivity contribution in [1.29, 1.82) is 0 Å². The second kappa shape index (κ2) is 16.2. The Morgan fingerprint density at radius 1 is 0.826 bits per heavy atom. The van der Waals surface area contributed by atoms with Crippen LogP contribution in [0.15, 0.2) is 115 Å². The van der Waals surface area contributed by atoms with Crippen LogP contribution >= 0.6 is 12.2 Å². The molecule has 3 aromatic carbocycles. The second-order valence-corrected chi connectivity index (χ2v) is 12.2. The minimum atomic E-state index is -0.960. The Labute approximate surface area is 275 Å². The second-order valence-electron chi connectivity index (χ2n) is 11.7. The van der Waals surface area contributed by atoms with Crippen molar-refractivity contribution in [2.24, 2.45) is 0 Å². The van der Waals surface area contributed by atoms with Crippen LogP contribution in [-0.2, 0) is 48.3 Å². The molecule has 242 valence electrons. The average Bonchev–Trinajstić information content (AvgIpc) is 3.08. The Morgan fingerprint density at radius 2 is 1.37 bits per heavy atom. The van der Waals surface area contributed by atoms with Crippen molar-refractivity contribution in [3.8, 4) is 0 Å². The molecular formula is C37H41NO7S. The average molecular weight is 644 g/mol. The number of carbonyl (C=O) groups is 1. The van der Waals surface area contributed by atoms with E-state index in [0.717, 1.165) is 16.7 Å². The predicted molar refractivity (Wildman–Crippen MR) is 176 cm³/mol. The summed E-state index contributed by atoms with van der Waals surface area (Å²) in [6.07, 6.45) is -1.46. The van der Waals surface area contributed by atoms with Crippen LogP contribution < -0.4 is 4.84 Å². The van der Waals surface area contributed by atoms with Gasteiger partial charge in [0, 0.05) is 12.6 Å². The standard InChI is InChI=1S/C37H41NO7S/c1-27(36(39)45-38-22-14-13-21-32(38)46)43-33-23-31(40-24-28-15-7-4-8-16-28)34(41-25-29-17-9-5-10-18-29)35(44-33)37(2,3)42-26-30-19-11-6-12-20-30/h4-22,27,31,33-35H,23-26H2,1-3H3/t27?,31-,33+,34+,35+/m1/s1. The van der Waals surface area contributed by atoms with Gasteiger partial charge in [-0.25, -0.2) is 4.79 Å². The molecule has 1 aliphatic heterocycles. The number of aromatic nitrogens is 1. The third kappa shape index (κ3) is 9.42. The molecule has 9 heteroatoms. The van der Waals surface area contributed by atoms with Gasteiger partial charge in [-0.15, -0.1) is 0 Å². The minimum Gasteiger partial charge on any atom is -0.371 e. The minimum absolute atomic E-state index is 0.319. The fourth-order valence-electron chi connectivity index (χ4n) is 5.23. The van der Waals surface area contributed by atoms with Crippen LogP contribution in [0, 0.1) is 4.64 Å². The summed E-state index contributed by atoms with van der Waals surface area (Å²) in [7, 11) is 0. The maximum absolute atomic E-state index is 13.0. The van der Waals surface area contributed by atoms with Crippen LogP contribution in [0.5, 0.6) is 0 Å². The fourth-order valence-corrected chi connectivity index (χ4v) is 5.41. The van der Waals surface area contributed by atoms with Gasteiger partial charge < -0.3 is 28.5 Å². The number of benzene rings is 3. The Bertz CT molecular complexity index is 1560. The van der Waals surface area contributed by atoms with Gasteiger partial charge >= 0.3 is 5.97 Å². The van der Waals surface area contributed by atoms with Crippen LogP contribution in [0.1, 0.15) is 43.9 Å². The van der Waals surface area contributed by atoms with Crippen molar-refractivity contribution in [2.45, 2.75) is 83.3 Å². The third-order valence-electron chi connectivity index (χ3n) is 7.78. The first-order valence-corrected chi connectivity index (χ1v) is 15.9. The lowest BCUT2D eigenvalue weighted by Crippen LogP contribution is -2.60. The first-order valence-electron chi connectivity index (χ1n) is 15.5. The topological polar surface area (TPSA) is 77.4 Å². The number of hydrogen-bond donors (Lipinski definition) is 0. The van der Waals surface area contributed by atoms with Gasteiger partial charge in [0.15, 0.2) is 12.4 Å². The van der Waals surface area contributed by atoms with Gasteiger partial charge in [-0.1, -0.05) is 109 Å². The van der Waals surface area contributed by atoms with E-state index in [2.05, 4.69) is 0 Å². The molecule has 0 saturated carbocycles. The van der Waals surface area contributed by atoms with E-state index in [1.165, 1.54) is 4.73 Å². The lowest BCUT2D eigenvalue weighted by atomic mass is 9.89. The predicted octanol–water partition coefficient (Wildman–Crippen LogP) is 6.86. The van der Waals surface area contributed by atoms with Gasteiger partial charge in [-0.3, -0.25) is 0 Å². The Hall–Kier alpha value is -3.70. The first kappa shape index (κ1) is 33.7. The van der Waals surface area contributed by atoms with E-state index >= 15 is 0 Å². The summed E-state index contributed by atoms with van der Waals surface area (Å²) in [6, 6.07) is 35.1. The van der Waals surface area contributed by atoms with Crippen molar-refractivity contribution in [3.05, 3.63) is 137 Å². The fraction of sp³-hybridized carbons (Fsp3) is 0.351. The van der Waals surface area contributed by atoms with E-state index in [9.17, 15) is 4.79 Å². The molecule has 0 radical (unpaired) electrons. The van der Waals surface area contributed by atoms with Gasteiger partial charge in [0.25, 0.3) is 0 Å². The Kier molecular flexibility index (Phi) is 11.9. The molecule has 1 aromatic heterocycles. The summed E-state index contributed by atoms with van der Waals surface area (Å²) in [5, 5.41) is 0. The largest absolute Gasteiger partial charge is 0.371 e. The molecule has 0 aliphatic carbocycles. The van der Waals surface area contributed by atoms with Crippen LogP contribution in [-0.4, -0.2) is 47.0 Å². The van der Waals surface area contributed by atoms with Gasteiger partial charge in [0.1, 0.15) is 16.8 Å². The van der Waals surface area contributed by atoms with Crippen LogP contribution in [0.4, 0.5) is 0 Å². The highest BCUT2D eigenvalue weighted by molar-refractivity contribution is 7.71. The molecule has 1 fully saturated rings. The van der Waals surface area contributed by atoms with Crippen LogP contribution in [0.25, 0.3) is 0 Å². The number of rotatable bonds is 14. The number of hydrogen-bond acceptors (Lipinski definition) is 8. The molecule has 0 bridgehead atoms. The smallest absolute Gasteiger partial charge is 0.361 e. The molecule has 1 saturated heterocycles. The Morgan fingerprint density at radius 3 is 1.96 bits per heavy atom. The molecule has 5 atom stereocenters. The van der Waals surface area contributed by atoms with Crippen molar-refractivity contribution in [1.82, 2.24) is 4.73 Å². The molecule has 1 aliphatic rings. The highest BCUT2D eigenvalue weighted by Gasteiger charge is 2.49. The highest BCUT2D eigenvalue weighted by Crippen LogP contribution is 2.35. The number of ether oxygens (including phenoxy) is 5. The third-order valence-corrected chi connectivity index (χ3v) is 8.10. The zero-order valence-electron chi connectivity index (χ0n) is 26.4.